The molecule has 1 rings (SSSR count). The molecule has 1 aromatic carbocycles. The second-order valence-corrected chi connectivity index (χ2v) is 3.44. The van der Waals surface area contributed by atoms with Crippen molar-refractivity contribution in [2.75, 3.05) is 5.73 Å². The molecule has 17 heavy (non-hydrogen) atoms. The van der Waals surface area contributed by atoms with Crippen LogP contribution >= 0.6 is 0 Å². The fourth-order valence-corrected chi connectivity index (χ4v) is 1.34. The number of carbonyl (C=O) groups excluding carboxylic acids is 1. The van der Waals surface area contributed by atoms with E-state index in [9.17, 15) is 19.8 Å². The van der Waals surface area contributed by atoms with Crippen molar-refractivity contribution >= 4 is 17.6 Å². The lowest BCUT2D eigenvalue weighted by atomic mass is 9.97. The van der Waals surface area contributed by atoms with E-state index in [1.54, 1.807) is 0 Å². The Bertz CT molecular complexity index is 460. The van der Waals surface area contributed by atoms with E-state index < -0.39 is 24.1 Å². The zero-order chi connectivity index (χ0) is 13.2. The molecule has 0 aliphatic rings. The fourth-order valence-electron chi connectivity index (χ4n) is 1.34. The standard InChI is InChI=1S/C10H12N2O5/c11-4-1-2-5(6(3-4)10(16)17)7(13)8(14)9(12)15/h1-3,7-8,13-14H,11H2,(H2,12,15)(H,16,17). The summed E-state index contributed by atoms with van der Waals surface area (Å²) in [5.41, 5.74) is 9.98. The van der Waals surface area contributed by atoms with E-state index in [4.69, 9.17) is 16.6 Å². The Hall–Kier alpha value is -2.12. The maximum Gasteiger partial charge on any atom is 0.336 e. The van der Waals surface area contributed by atoms with Gasteiger partial charge in [0.1, 0.15) is 6.10 Å². The number of aliphatic hydroxyl groups excluding tert-OH is 2. The third-order valence-electron chi connectivity index (χ3n) is 2.22. The van der Waals surface area contributed by atoms with Crippen molar-refractivity contribution < 1.29 is 24.9 Å². The smallest absolute Gasteiger partial charge is 0.336 e. The highest BCUT2D eigenvalue weighted by molar-refractivity contribution is 5.91. The van der Waals surface area contributed by atoms with E-state index in [1.807, 2.05) is 0 Å². The van der Waals surface area contributed by atoms with E-state index >= 15 is 0 Å². The fraction of sp³-hybridized carbons (Fsp3) is 0.200. The molecule has 0 spiro atoms. The quantitative estimate of drug-likeness (QED) is 0.420. The lowest BCUT2D eigenvalue weighted by Crippen LogP contribution is -2.34. The van der Waals surface area contributed by atoms with Gasteiger partial charge in [0.15, 0.2) is 6.10 Å². The van der Waals surface area contributed by atoms with Gasteiger partial charge in [0.05, 0.1) is 5.56 Å². The molecule has 0 aliphatic heterocycles. The topological polar surface area (TPSA) is 147 Å². The molecule has 7 N–H and O–H groups in total. The molecule has 0 saturated heterocycles. The Morgan fingerprint density at radius 3 is 2.29 bits per heavy atom. The van der Waals surface area contributed by atoms with E-state index in [-0.39, 0.29) is 16.8 Å². The van der Waals surface area contributed by atoms with E-state index in [2.05, 4.69) is 0 Å². The number of aromatic carboxylic acids is 1. The van der Waals surface area contributed by atoms with Gasteiger partial charge in [0.2, 0.25) is 5.91 Å². The van der Waals surface area contributed by atoms with Crippen LogP contribution in [0.25, 0.3) is 0 Å². The Morgan fingerprint density at radius 1 is 1.24 bits per heavy atom. The predicted octanol–water partition coefficient (Wildman–Crippen LogP) is -1.15. The number of anilines is 1. The first-order valence-electron chi connectivity index (χ1n) is 4.62. The molecule has 7 nitrogen and oxygen atoms in total. The molecule has 2 atom stereocenters. The number of hydrogen-bond acceptors (Lipinski definition) is 5. The number of aliphatic hydroxyl groups is 2. The largest absolute Gasteiger partial charge is 0.478 e. The Balaban J connectivity index is 3.21. The number of hydrogen-bond donors (Lipinski definition) is 5. The van der Waals surface area contributed by atoms with Crippen molar-refractivity contribution in [3.63, 3.8) is 0 Å². The van der Waals surface area contributed by atoms with Crippen molar-refractivity contribution in [2.24, 2.45) is 5.73 Å². The highest BCUT2D eigenvalue weighted by Crippen LogP contribution is 2.23. The molecule has 0 fully saturated rings. The number of nitrogen functional groups attached to an aromatic ring is 1. The zero-order valence-electron chi connectivity index (χ0n) is 8.70. The van der Waals surface area contributed by atoms with Crippen molar-refractivity contribution in [1.82, 2.24) is 0 Å². The van der Waals surface area contributed by atoms with E-state index in [0.717, 1.165) is 6.07 Å². The van der Waals surface area contributed by atoms with Gasteiger partial charge in [-0.2, -0.15) is 0 Å². The monoisotopic (exact) mass is 240 g/mol. The normalized spacial score (nSPS) is 14.0. The Kier molecular flexibility index (Phi) is 3.66. The van der Waals surface area contributed by atoms with Gasteiger partial charge in [-0.05, 0) is 17.7 Å². The summed E-state index contributed by atoms with van der Waals surface area (Å²) in [5, 5.41) is 27.8. The molecular formula is C10H12N2O5. The number of primary amides is 1. The molecular weight excluding hydrogens is 228 g/mol. The van der Waals surface area contributed by atoms with Crippen LogP contribution in [0.4, 0.5) is 5.69 Å². The van der Waals surface area contributed by atoms with E-state index in [0.29, 0.717) is 0 Å². The molecule has 92 valence electrons. The van der Waals surface area contributed by atoms with Crippen LogP contribution in [0.2, 0.25) is 0 Å². The minimum Gasteiger partial charge on any atom is -0.478 e. The third-order valence-corrected chi connectivity index (χ3v) is 2.22. The molecule has 1 aromatic rings. The summed E-state index contributed by atoms with van der Waals surface area (Å²) in [7, 11) is 0. The van der Waals surface area contributed by atoms with Gasteiger partial charge in [0, 0.05) is 5.69 Å². The van der Waals surface area contributed by atoms with E-state index in [1.165, 1.54) is 12.1 Å². The van der Waals surface area contributed by atoms with Crippen LogP contribution in [-0.2, 0) is 4.79 Å². The number of nitrogens with two attached hydrogens (primary N) is 2. The minimum absolute atomic E-state index is 0.127. The van der Waals surface area contributed by atoms with Crippen LogP contribution in [-0.4, -0.2) is 33.3 Å². The first-order valence-corrected chi connectivity index (χ1v) is 4.62. The number of rotatable bonds is 4. The minimum atomic E-state index is -1.88. The summed E-state index contributed by atoms with van der Waals surface area (Å²) in [5.74, 6) is -2.48. The van der Waals surface area contributed by atoms with Gasteiger partial charge in [-0.3, -0.25) is 4.79 Å². The van der Waals surface area contributed by atoms with Crippen molar-refractivity contribution in [1.29, 1.82) is 0 Å². The summed E-state index contributed by atoms with van der Waals surface area (Å²) in [4.78, 5) is 21.6. The highest BCUT2D eigenvalue weighted by Gasteiger charge is 2.27. The molecule has 0 heterocycles. The number of carboxylic acids is 1. The van der Waals surface area contributed by atoms with Crippen LogP contribution in [0.3, 0.4) is 0 Å². The molecule has 0 radical (unpaired) electrons. The first kappa shape index (κ1) is 12.9. The van der Waals surface area contributed by atoms with Gasteiger partial charge in [-0.15, -0.1) is 0 Å². The third kappa shape index (κ3) is 2.71. The average molecular weight is 240 g/mol. The van der Waals surface area contributed by atoms with Crippen LogP contribution in [0, 0.1) is 0 Å². The second-order valence-electron chi connectivity index (χ2n) is 3.44. The zero-order valence-corrected chi connectivity index (χ0v) is 8.70. The molecule has 0 bridgehead atoms. The maximum atomic E-state index is 10.9. The van der Waals surface area contributed by atoms with Crippen LogP contribution in [0.5, 0.6) is 0 Å². The molecule has 0 saturated carbocycles. The molecule has 1 amide bonds. The van der Waals surface area contributed by atoms with Crippen molar-refractivity contribution in [3.05, 3.63) is 29.3 Å². The van der Waals surface area contributed by atoms with Crippen LogP contribution < -0.4 is 11.5 Å². The lowest BCUT2D eigenvalue weighted by molar-refractivity contribution is -0.132. The lowest BCUT2D eigenvalue weighted by Gasteiger charge is -2.17. The highest BCUT2D eigenvalue weighted by atomic mass is 16.4. The average Bonchev–Trinajstić information content (AvgIpc) is 2.26. The molecule has 7 heteroatoms. The predicted molar refractivity (Wildman–Crippen MR) is 58.0 cm³/mol. The maximum absolute atomic E-state index is 10.9. The summed E-state index contributed by atoms with van der Waals surface area (Å²) < 4.78 is 0. The number of benzene rings is 1. The molecule has 0 aliphatic carbocycles. The van der Waals surface area contributed by atoms with Gasteiger partial charge < -0.3 is 26.8 Å². The molecule has 2 unspecified atom stereocenters. The van der Waals surface area contributed by atoms with Crippen molar-refractivity contribution in [3.8, 4) is 0 Å². The van der Waals surface area contributed by atoms with Gasteiger partial charge in [-0.1, -0.05) is 6.07 Å². The summed E-state index contributed by atoms with van der Waals surface area (Å²) in [6, 6.07) is 3.68. The second kappa shape index (κ2) is 4.81. The van der Waals surface area contributed by atoms with Gasteiger partial charge in [-0.25, -0.2) is 4.79 Å². The molecule has 0 aromatic heterocycles. The Morgan fingerprint density at radius 2 is 1.82 bits per heavy atom. The first-order chi connectivity index (χ1) is 7.84. The van der Waals surface area contributed by atoms with Gasteiger partial charge >= 0.3 is 5.97 Å². The van der Waals surface area contributed by atoms with Crippen molar-refractivity contribution in [2.45, 2.75) is 12.2 Å². The summed E-state index contributed by atoms with van der Waals surface area (Å²) in [6.07, 6.45) is -3.59. The van der Waals surface area contributed by atoms with Crippen LogP contribution in [0.1, 0.15) is 22.0 Å². The SMILES string of the molecule is NC(=O)C(O)C(O)c1ccc(N)cc1C(=O)O. The van der Waals surface area contributed by atoms with Crippen LogP contribution in [0.15, 0.2) is 18.2 Å². The summed E-state index contributed by atoms with van der Waals surface area (Å²) >= 11 is 0. The Labute approximate surface area is 96.3 Å². The number of carboxylic acid groups (broad SMARTS) is 1. The number of amides is 1. The van der Waals surface area contributed by atoms with Gasteiger partial charge in [0.25, 0.3) is 0 Å². The number of carbonyl (C=O) groups is 2. The summed E-state index contributed by atoms with van der Waals surface area (Å²) in [6.45, 7) is 0.